The smallest absolute Gasteiger partial charge is 0.132 e. The first-order valence-electron chi connectivity index (χ1n) is 10.6. The first kappa shape index (κ1) is 22.6. The van der Waals surface area contributed by atoms with Crippen LogP contribution in [0, 0.1) is 5.82 Å². The van der Waals surface area contributed by atoms with Crippen LogP contribution in [0.1, 0.15) is 36.6 Å². The van der Waals surface area contributed by atoms with E-state index in [1.807, 2.05) is 62.4 Å². The molecule has 0 fully saturated rings. The Kier molecular flexibility index (Phi) is 6.70. The van der Waals surface area contributed by atoms with Gasteiger partial charge < -0.3 is 19.5 Å². The summed E-state index contributed by atoms with van der Waals surface area (Å²) in [5, 5.41) is 4.02. The third kappa shape index (κ3) is 5.07. The van der Waals surface area contributed by atoms with Crippen molar-refractivity contribution in [2.45, 2.75) is 44.8 Å². The summed E-state index contributed by atoms with van der Waals surface area (Å²) in [6.07, 6.45) is -0.652. The van der Waals surface area contributed by atoms with E-state index in [1.54, 1.807) is 13.2 Å². The number of nitrogens with one attached hydrogen (secondary N) is 1. The lowest BCUT2D eigenvalue weighted by Gasteiger charge is -2.44. The van der Waals surface area contributed by atoms with Crippen LogP contribution >= 0.6 is 11.6 Å². The minimum absolute atomic E-state index is 0.246. The van der Waals surface area contributed by atoms with Gasteiger partial charge >= 0.3 is 0 Å². The molecule has 0 saturated carbocycles. The van der Waals surface area contributed by atoms with Crippen molar-refractivity contribution in [3.63, 3.8) is 0 Å². The Morgan fingerprint density at radius 3 is 2.56 bits per heavy atom. The highest BCUT2D eigenvalue weighted by Crippen LogP contribution is 2.44. The van der Waals surface area contributed by atoms with E-state index < -0.39 is 5.60 Å². The van der Waals surface area contributed by atoms with Crippen molar-refractivity contribution in [3.05, 3.63) is 94.3 Å². The van der Waals surface area contributed by atoms with E-state index in [-0.39, 0.29) is 18.0 Å². The number of hydrogen-bond donors (Lipinski definition) is 1. The second kappa shape index (κ2) is 9.49. The summed E-state index contributed by atoms with van der Waals surface area (Å²) in [7, 11) is 1.68. The van der Waals surface area contributed by atoms with Gasteiger partial charge in [-0.25, -0.2) is 4.39 Å². The predicted molar refractivity (Wildman–Crippen MR) is 125 cm³/mol. The maximum Gasteiger partial charge on any atom is 0.132 e. The first-order chi connectivity index (χ1) is 15.4. The number of fused-ring (bicyclic) bond motifs is 1. The summed E-state index contributed by atoms with van der Waals surface area (Å²) in [5.41, 5.74) is 3.06. The van der Waals surface area contributed by atoms with Crippen molar-refractivity contribution in [1.82, 2.24) is 0 Å². The number of ether oxygens (including phenoxy) is 3. The molecule has 1 aliphatic heterocycles. The quantitative estimate of drug-likeness (QED) is 0.439. The van der Waals surface area contributed by atoms with Crippen LogP contribution in [0.4, 0.5) is 10.1 Å². The molecule has 1 N–H and O–H groups in total. The zero-order chi connectivity index (χ0) is 22.7. The molecule has 3 aromatic rings. The van der Waals surface area contributed by atoms with Gasteiger partial charge in [0.25, 0.3) is 0 Å². The molecule has 2 unspecified atom stereocenters. The molecule has 0 bridgehead atoms. The van der Waals surface area contributed by atoms with Gasteiger partial charge in [0.2, 0.25) is 0 Å². The minimum atomic E-state index is -0.594. The number of halogens is 2. The lowest BCUT2D eigenvalue weighted by atomic mass is 9.88. The van der Waals surface area contributed by atoms with E-state index in [2.05, 4.69) is 5.32 Å². The average Bonchev–Trinajstić information content (AvgIpc) is 2.75. The second-order valence-corrected chi connectivity index (χ2v) is 8.90. The summed E-state index contributed by atoms with van der Waals surface area (Å²) in [4.78, 5) is 0. The molecule has 0 saturated heterocycles. The zero-order valence-corrected chi connectivity index (χ0v) is 19.2. The number of benzene rings is 3. The summed E-state index contributed by atoms with van der Waals surface area (Å²) < 4.78 is 32.0. The first-order valence-corrected chi connectivity index (χ1v) is 10.9. The Bertz CT molecular complexity index is 1090. The highest BCUT2D eigenvalue weighted by Gasteiger charge is 2.45. The Labute approximate surface area is 193 Å². The molecule has 168 valence electrons. The standard InChI is InChI=1S/C26H27ClFNO3/c1-26(2)25(31-16-18-7-4-8-19(27)12-18)24(30-3)22-14-21(10-11-23(22)32-26)29-15-17-6-5-9-20(28)13-17/h4-14,24-25,29H,15-16H2,1-3H3. The van der Waals surface area contributed by atoms with E-state index in [1.165, 1.54) is 12.1 Å². The molecule has 6 heteroatoms. The Hall–Kier alpha value is -2.60. The van der Waals surface area contributed by atoms with Crippen LogP contribution < -0.4 is 10.1 Å². The maximum absolute atomic E-state index is 13.5. The SMILES string of the molecule is COC1c2cc(NCc3cccc(F)c3)ccc2OC(C)(C)C1OCc1cccc(Cl)c1. The van der Waals surface area contributed by atoms with E-state index >= 15 is 0 Å². The van der Waals surface area contributed by atoms with Crippen molar-refractivity contribution in [2.75, 3.05) is 12.4 Å². The van der Waals surface area contributed by atoms with Crippen LogP contribution in [0.5, 0.6) is 5.75 Å². The lowest BCUT2D eigenvalue weighted by molar-refractivity contribution is -0.159. The van der Waals surface area contributed by atoms with Crippen molar-refractivity contribution in [3.8, 4) is 5.75 Å². The summed E-state index contributed by atoms with van der Waals surface area (Å²) in [6.45, 7) is 4.90. The third-order valence-corrected chi connectivity index (χ3v) is 5.84. The van der Waals surface area contributed by atoms with Crippen molar-refractivity contribution in [1.29, 1.82) is 0 Å². The summed E-state index contributed by atoms with van der Waals surface area (Å²) in [6, 6.07) is 20.1. The van der Waals surface area contributed by atoms with Crippen LogP contribution in [0.25, 0.3) is 0 Å². The molecule has 0 amide bonds. The molecule has 0 aromatic heterocycles. The highest BCUT2D eigenvalue weighted by molar-refractivity contribution is 6.30. The van der Waals surface area contributed by atoms with Crippen LogP contribution in [-0.2, 0) is 22.6 Å². The summed E-state index contributed by atoms with van der Waals surface area (Å²) >= 11 is 6.11. The lowest BCUT2D eigenvalue weighted by Crippen LogP contribution is -2.50. The molecule has 1 aliphatic rings. The topological polar surface area (TPSA) is 39.7 Å². The molecule has 1 heterocycles. The summed E-state index contributed by atoms with van der Waals surface area (Å²) in [5.74, 6) is 0.519. The third-order valence-electron chi connectivity index (χ3n) is 5.61. The average molecular weight is 456 g/mol. The van der Waals surface area contributed by atoms with Gasteiger partial charge in [0.1, 0.15) is 29.4 Å². The van der Waals surface area contributed by atoms with Crippen LogP contribution in [0.15, 0.2) is 66.7 Å². The predicted octanol–water partition coefficient (Wildman–Crippen LogP) is 6.54. The van der Waals surface area contributed by atoms with Gasteiger partial charge in [0.15, 0.2) is 0 Å². The number of methoxy groups -OCH3 is 1. The largest absolute Gasteiger partial charge is 0.485 e. The van der Waals surface area contributed by atoms with Crippen LogP contribution in [-0.4, -0.2) is 18.8 Å². The zero-order valence-electron chi connectivity index (χ0n) is 18.4. The van der Waals surface area contributed by atoms with E-state index in [0.29, 0.717) is 18.2 Å². The molecule has 2 atom stereocenters. The van der Waals surface area contributed by atoms with E-state index in [0.717, 1.165) is 28.1 Å². The van der Waals surface area contributed by atoms with Crippen LogP contribution in [0.3, 0.4) is 0 Å². The molecule has 0 aliphatic carbocycles. The number of rotatable bonds is 7. The van der Waals surface area contributed by atoms with Gasteiger partial charge in [0, 0.05) is 29.9 Å². The molecular weight excluding hydrogens is 429 g/mol. The van der Waals surface area contributed by atoms with E-state index in [9.17, 15) is 4.39 Å². The molecule has 3 aromatic carbocycles. The Balaban J connectivity index is 1.54. The maximum atomic E-state index is 13.5. The van der Waals surface area contributed by atoms with Crippen molar-refractivity contribution < 1.29 is 18.6 Å². The van der Waals surface area contributed by atoms with Gasteiger partial charge in [-0.05, 0) is 67.4 Å². The fourth-order valence-corrected chi connectivity index (χ4v) is 4.26. The molecule has 32 heavy (non-hydrogen) atoms. The van der Waals surface area contributed by atoms with Crippen LogP contribution in [0.2, 0.25) is 5.02 Å². The molecule has 4 rings (SSSR count). The number of anilines is 1. The van der Waals surface area contributed by atoms with Crippen molar-refractivity contribution >= 4 is 17.3 Å². The Morgan fingerprint density at radius 2 is 1.81 bits per heavy atom. The van der Waals surface area contributed by atoms with Gasteiger partial charge in [-0.2, -0.15) is 0 Å². The van der Waals surface area contributed by atoms with Gasteiger partial charge in [0.05, 0.1) is 6.61 Å². The van der Waals surface area contributed by atoms with Gasteiger partial charge in [-0.15, -0.1) is 0 Å². The monoisotopic (exact) mass is 455 g/mol. The highest BCUT2D eigenvalue weighted by atomic mass is 35.5. The normalized spacial score (nSPS) is 19.2. The molecule has 0 spiro atoms. The van der Waals surface area contributed by atoms with Crippen molar-refractivity contribution in [2.24, 2.45) is 0 Å². The molecule has 4 nitrogen and oxygen atoms in total. The fourth-order valence-electron chi connectivity index (χ4n) is 4.05. The fraction of sp³-hybridized carbons (Fsp3) is 0.308. The second-order valence-electron chi connectivity index (χ2n) is 8.46. The number of hydrogen-bond acceptors (Lipinski definition) is 4. The van der Waals surface area contributed by atoms with Gasteiger partial charge in [-0.3, -0.25) is 0 Å². The van der Waals surface area contributed by atoms with Gasteiger partial charge in [-0.1, -0.05) is 35.9 Å². The van der Waals surface area contributed by atoms with E-state index in [4.69, 9.17) is 25.8 Å². The molecular formula is C26H27ClFNO3. The Morgan fingerprint density at radius 1 is 1.03 bits per heavy atom. The molecule has 0 radical (unpaired) electrons. The minimum Gasteiger partial charge on any atom is -0.485 e.